The van der Waals surface area contributed by atoms with Gasteiger partial charge in [-0.25, -0.2) is 0 Å². The molecule has 0 bridgehead atoms. The van der Waals surface area contributed by atoms with Gasteiger partial charge in [0.2, 0.25) is 0 Å². The van der Waals surface area contributed by atoms with Crippen LogP contribution in [0.5, 0.6) is 0 Å². The highest BCUT2D eigenvalue weighted by Gasteiger charge is 2.35. The molecule has 1 atom stereocenters. The Bertz CT molecular complexity index is 2980. The summed E-state index contributed by atoms with van der Waals surface area (Å²) in [6.07, 6.45) is 5.68. The summed E-state index contributed by atoms with van der Waals surface area (Å²) >= 11 is 1.88. The molecule has 8 aromatic carbocycles. The van der Waals surface area contributed by atoms with Crippen molar-refractivity contribution in [2.75, 3.05) is 4.90 Å². The number of nitrogens with zero attached hydrogens (tertiary/aromatic N) is 1. The van der Waals surface area contributed by atoms with Gasteiger partial charge in [0.15, 0.2) is 0 Å². The molecule has 0 radical (unpaired) electrons. The van der Waals surface area contributed by atoms with Gasteiger partial charge in [0.05, 0.1) is 0 Å². The van der Waals surface area contributed by atoms with E-state index in [0.29, 0.717) is 5.92 Å². The normalized spacial score (nSPS) is 15.3. The number of benzene rings is 8. The lowest BCUT2D eigenvalue weighted by Gasteiger charge is -2.29. The molecule has 0 saturated heterocycles. The smallest absolute Gasteiger partial charge is 0.0465 e. The van der Waals surface area contributed by atoms with Crippen molar-refractivity contribution in [3.8, 4) is 22.3 Å². The minimum absolute atomic E-state index is 0.0815. The second-order valence-electron chi connectivity index (χ2n) is 15.7. The third-order valence-corrected chi connectivity index (χ3v) is 13.4. The van der Waals surface area contributed by atoms with Gasteiger partial charge >= 0.3 is 0 Å². The number of fused-ring (bicyclic) bond motifs is 9. The quantitative estimate of drug-likeness (QED) is 0.171. The zero-order valence-corrected chi connectivity index (χ0v) is 31.8. The Labute approximate surface area is 326 Å². The van der Waals surface area contributed by atoms with Crippen LogP contribution >= 0.6 is 11.3 Å². The Hall–Kier alpha value is -6.22. The van der Waals surface area contributed by atoms with Crippen molar-refractivity contribution in [3.05, 3.63) is 204 Å². The molecule has 9 aromatic rings. The Morgan fingerprint density at radius 1 is 0.545 bits per heavy atom. The molecule has 0 fully saturated rings. The lowest BCUT2D eigenvalue weighted by atomic mass is 9.82. The highest BCUT2D eigenvalue weighted by Crippen LogP contribution is 2.51. The summed E-state index contributed by atoms with van der Waals surface area (Å²) in [5.41, 5.74) is 15.4. The van der Waals surface area contributed by atoms with Crippen LogP contribution in [0.3, 0.4) is 0 Å². The van der Waals surface area contributed by atoms with Crippen LogP contribution in [-0.4, -0.2) is 0 Å². The SMILES string of the molecule is CC1(C)c2ccccc2-c2ccc(N(c3ccc(-c4ccc5c(ccc6sc7ccccc7c65)c4)cc3)c3ccc(C4C=Cc5ccccc5C4)cc3)cc21. The average Bonchev–Trinajstić information content (AvgIpc) is 3.73. The van der Waals surface area contributed by atoms with Crippen LogP contribution in [0.25, 0.3) is 59.3 Å². The molecular weight excluding hydrogens is 683 g/mol. The van der Waals surface area contributed by atoms with E-state index >= 15 is 0 Å². The van der Waals surface area contributed by atoms with Crippen molar-refractivity contribution in [1.82, 2.24) is 0 Å². The summed E-state index contributed by atoms with van der Waals surface area (Å²) < 4.78 is 2.69. The number of hydrogen-bond acceptors (Lipinski definition) is 2. The van der Waals surface area contributed by atoms with E-state index in [1.54, 1.807) is 0 Å². The highest BCUT2D eigenvalue weighted by atomic mass is 32.1. The van der Waals surface area contributed by atoms with Gasteiger partial charge in [0.25, 0.3) is 0 Å². The first kappa shape index (κ1) is 32.2. The summed E-state index contributed by atoms with van der Waals surface area (Å²) in [4.78, 5) is 2.43. The summed E-state index contributed by atoms with van der Waals surface area (Å²) in [5, 5.41) is 5.31. The van der Waals surface area contributed by atoms with E-state index in [1.807, 2.05) is 11.3 Å². The number of thiophene rings is 1. The second-order valence-corrected chi connectivity index (χ2v) is 16.8. The van der Waals surface area contributed by atoms with Gasteiger partial charge in [0.1, 0.15) is 0 Å². The topological polar surface area (TPSA) is 3.24 Å². The molecule has 2 heteroatoms. The Morgan fingerprint density at radius 2 is 1.25 bits per heavy atom. The molecule has 262 valence electrons. The standard InChI is InChI=1S/C53H39NS/c1-53(2)48-13-7-5-11-45(48)46-29-27-43(33-49(46)53)54(41-23-17-35(18-24-41)38-16-15-34-9-3-4-10-37(34)31-38)42-25-19-36(20-26-42)39-21-28-44-40(32-39)22-30-51-52(44)47-12-6-8-14-50(47)55-51/h3-30,32-33,38H,31H2,1-2H3. The van der Waals surface area contributed by atoms with Crippen LogP contribution < -0.4 is 4.90 Å². The van der Waals surface area contributed by atoms with Gasteiger partial charge in [0, 0.05) is 48.6 Å². The van der Waals surface area contributed by atoms with Crippen molar-refractivity contribution in [1.29, 1.82) is 0 Å². The molecule has 1 heterocycles. The third kappa shape index (κ3) is 5.20. The van der Waals surface area contributed by atoms with Gasteiger partial charge in [-0.2, -0.15) is 0 Å². The largest absolute Gasteiger partial charge is 0.310 e. The molecule has 2 aliphatic rings. The van der Waals surface area contributed by atoms with Gasteiger partial charge in [-0.05, 0) is 122 Å². The summed E-state index contributed by atoms with van der Waals surface area (Å²) in [5.74, 6) is 0.368. The molecule has 2 aliphatic carbocycles. The molecule has 0 aliphatic heterocycles. The first-order chi connectivity index (χ1) is 27.0. The molecule has 1 aromatic heterocycles. The van der Waals surface area contributed by atoms with Crippen molar-refractivity contribution >= 4 is 65.4 Å². The Morgan fingerprint density at radius 3 is 2.13 bits per heavy atom. The number of allylic oxidation sites excluding steroid dienone is 1. The second kappa shape index (κ2) is 12.4. The van der Waals surface area contributed by atoms with E-state index in [-0.39, 0.29) is 5.41 Å². The van der Waals surface area contributed by atoms with Crippen molar-refractivity contribution < 1.29 is 0 Å². The maximum absolute atomic E-state index is 2.43. The number of hydrogen-bond donors (Lipinski definition) is 0. The predicted octanol–water partition coefficient (Wildman–Crippen LogP) is 15.0. The monoisotopic (exact) mass is 721 g/mol. The van der Waals surface area contributed by atoms with Crippen molar-refractivity contribution in [3.63, 3.8) is 0 Å². The maximum atomic E-state index is 2.43. The van der Waals surface area contributed by atoms with Gasteiger partial charge < -0.3 is 4.90 Å². The molecule has 0 N–H and O–H groups in total. The van der Waals surface area contributed by atoms with Crippen LogP contribution in [0.4, 0.5) is 17.1 Å². The van der Waals surface area contributed by atoms with E-state index in [4.69, 9.17) is 0 Å². The molecule has 0 saturated carbocycles. The fourth-order valence-corrected chi connectivity index (χ4v) is 10.4. The first-order valence-corrected chi connectivity index (χ1v) is 20.2. The fourth-order valence-electron chi connectivity index (χ4n) is 9.32. The summed E-state index contributed by atoms with van der Waals surface area (Å²) in [6, 6.07) is 63.5. The summed E-state index contributed by atoms with van der Waals surface area (Å²) in [6.45, 7) is 4.72. The molecule has 0 amide bonds. The molecule has 1 unspecified atom stereocenters. The van der Waals surface area contributed by atoms with Crippen LogP contribution in [0.2, 0.25) is 0 Å². The molecular formula is C53H39NS. The molecule has 55 heavy (non-hydrogen) atoms. The van der Waals surface area contributed by atoms with Gasteiger partial charge in [-0.3, -0.25) is 0 Å². The third-order valence-electron chi connectivity index (χ3n) is 12.2. The van der Waals surface area contributed by atoms with E-state index in [2.05, 4.69) is 201 Å². The fraction of sp³-hybridized carbons (Fsp3) is 0.0943. The van der Waals surface area contributed by atoms with Crippen LogP contribution in [0.15, 0.2) is 176 Å². The molecule has 1 nitrogen and oxygen atoms in total. The summed E-state index contributed by atoms with van der Waals surface area (Å²) in [7, 11) is 0. The van der Waals surface area contributed by atoms with E-state index < -0.39 is 0 Å². The number of anilines is 3. The van der Waals surface area contributed by atoms with E-state index in [1.165, 1.54) is 86.7 Å². The minimum Gasteiger partial charge on any atom is -0.310 e. The minimum atomic E-state index is -0.0815. The maximum Gasteiger partial charge on any atom is 0.0465 e. The zero-order chi connectivity index (χ0) is 36.7. The van der Waals surface area contributed by atoms with E-state index in [9.17, 15) is 0 Å². The Balaban J connectivity index is 0.979. The number of rotatable bonds is 5. The van der Waals surface area contributed by atoms with Gasteiger partial charge in [-0.15, -0.1) is 11.3 Å². The lowest BCUT2D eigenvalue weighted by molar-refractivity contribution is 0.660. The lowest BCUT2D eigenvalue weighted by Crippen LogP contribution is -2.16. The van der Waals surface area contributed by atoms with Crippen LogP contribution in [0, 0.1) is 0 Å². The van der Waals surface area contributed by atoms with Crippen molar-refractivity contribution in [2.24, 2.45) is 0 Å². The average molecular weight is 722 g/mol. The molecule has 0 spiro atoms. The highest BCUT2D eigenvalue weighted by molar-refractivity contribution is 7.26. The van der Waals surface area contributed by atoms with Gasteiger partial charge in [-0.1, -0.05) is 141 Å². The van der Waals surface area contributed by atoms with E-state index in [0.717, 1.165) is 17.8 Å². The van der Waals surface area contributed by atoms with Crippen LogP contribution in [-0.2, 0) is 11.8 Å². The van der Waals surface area contributed by atoms with Crippen LogP contribution in [0.1, 0.15) is 47.6 Å². The first-order valence-electron chi connectivity index (χ1n) is 19.3. The predicted molar refractivity (Wildman–Crippen MR) is 236 cm³/mol. The Kier molecular flexibility index (Phi) is 7.27. The molecule has 11 rings (SSSR count). The zero-order valence-electron chi connectivity index (χ0n) is 31.0. The van der Waals surface area contributed by atoms with Crippen molar-refractivity contribution in [2.45, 2.75) is 31.6 Å².